The number of nitrogens with one attached hydrogen (secondary N) is 1. The average Bonchev–Trinajstić information content (AvgIpc) is 2.46. The van der Waals surface area contributed by atoms with E-state index in [0.29, 0.717) is 24.1 Å². The van der Waals surface area contributed by atoms with Crippen molar-refractivity contribution in [3.63, 3.8) is 0 Å². The Labute approximate surface area is 97.6 Å². The number of alkyl halides is 1. The van der Waals surface area contributed by atoms with Gasteiger partial charge in [-0.1, -0.05) is 13.8 Å². The maximum Gasteiger partial charge on any atom is 0.211 e. The van der Waals surface area contributed by atoms with E-state index in [2.05, 4.69) is 18.6 Å². The average molecular weight is 254 g/mol. The Kier molecular flexibility index (Phi) is 4.87. The van der Waals surface area contributed by atoms with Crippen LogP contribution >= 0.6 is 11.6 Å². The van der Waals surface area contributed by atoms with Crippen LogP contribution in [0.25, 0.3) is 0 Å². The predicted octanol–water partition coefficient (Wildman–Crippen LogP) is 1.97. The quantitative estimate of drug-likeness (QED) is 0.762. The van der Waals surface area contributed by atoms with E-state index >= 15 is 0 Å². The van der Waals surface area contributed by atoms with E-state index in [9.17, 15) is 8.42 Å². The lowest BCUT2D eigenvalue weighted by Gasteiger charge is -2.19. The van der Waals surface area contributed by atoms with Crippen molar-refractivity contribution in [3.05, 3.63) is 0 Å². The summed E-state index contributed by atoms with van der Waals surface area (Å²) in [5, 5.41) is 0. The molecule has 3 nitrogen and oxygen atoms in total. The number of halogens is 1. The van der Waals surface area contributed by atoms with Crippen molar-refractivity contribution >= 4 is 21.6 Å². The Morgan fingerprint density at radius 2 is 2.00 bits per heavy atom. The monoisotopic (exact) mass is 253 g/mol. The first-order valence-corrected chi connectivity index (χ1v) is 7.71. The molecular weight excluding hydrogens is 234 g/mol. The van der Waals surface area contributed by atoms with E-state index < -0.39 is 10.0 Å². The first-order chi connectivity index (χ1) is 6.96. The molecule has 0 spiro atoms. The highest BCUT2D eigenvalue weighted by molar-refractivity contribution is 7.89. The zero-order valence-electron chi connectivity index (χ0n) is 9.37. The highest BCUT2D eigenvalue weighted by atomic mass is 35.5. The van der Waals surface area contributed by atoms with Crippen molar-refractivity contribution in [2.75, 3.05) is 11.6 Å². The molecule has 0 aromatic carbocycles. The van der Waals surface area contributed by atoms with Gasteiger partial charge in [-0.25, -0.2) is 13.1 Å². The van der Waals surface area contributed by atoms with Crippen molar-refractivity contribution in [1.82, 2.24) is 4.72 Å². The predicted molar refractivity (Wildman–Crippen MR) is 63.6 cm³/mol. The van der Waals surface area contributed by atoms with Crippen molar-refractivity contribution in [2.45, 2.75) is 39.2 Å². The number of rotatable bonds is 5. The summed E-state index contributed by atoms with van der Waals surface area (Å²) in [6.45, 7) is 4.30. The molecule has 0 aromatic heterocycles. The summed E-state index contributed by atoms with van der Waals surface area (Å²) in [5.41, 5.74) is 0. The summed E-state index contributed by atoms with van der Waals surface area (Å²) >= 11 is 5.48. The van der Waals surface area contributed by atoms with Gasteiger partial charge in [0.25, 0.3) is 0 Å². The van der Waals surface area contributed by atoms with E-state index in [-0.39, 0.29) is 11.8 Å². The molecule has 1 rings (SSSR count). The van der Waals surface area contributed by atoms with Crippen LogP contribution in [-0.2, 0) is 10.0 Å². The first-order valence-electron chi connectivity index (χ1n) is 5.52. The molecule has 1 saturated carbocycles. The third kappa shape index (κ3) is 3.93. The molecule has 0 saturated heterocycles. The van der Waals surface area contributed by atoms with Gasteiger partial charge in [-0.3, -0.25) is 0 Å². The Hall–Kier alpha value is 0.200. The van der Waals surface area contributed by atoms with E-state index in [4.69, 9.17) is 11.6 Å². The van der Waals surface area contributed by atoms with E-state index in [1.807, 2.05) is 0 Å². The SMILES string of the molecule is CC1CCC(NS(=O)(=O)CCCCl)C1C. The van der Waals surface area contributed by atoms with Gasteiger partial charge >= 0.3 is 0 Å². The van der Waals surface area contributed by atoms with Crippen LogP contribution in [-0.4, -0.2) is 26.1 Å². The lowest BCUT2D eigenvalue weighted by molar-refractivity contribution is 0.402. The summed E-state index contributed by atoms with van der Waals surface area (Å²) in [5.74, 6) is 1.60. The van der Waals surface area contributed by atoms with E-state index in [1.165, 1.54) is 0 Å². The summed E-state index contributed by atoms with van der Waals surface area (Å²) in [4.78, 5) is 0. The minimum absolute atomic E-state index is 0.125. The lowest BCUT2D eigenvalue weighted by atomic mass is 9.98. The zero-order valence-corrected chi connectivity index (χ0v) is 10.9. The molecule has 90 valence electrons. The normalized spacial score (nSPS) is 32.1. The van der Waals surface area contributed by atoms with Crippen LogP contribution in [0.15, 0.2) is 0 Å². The van der Waals surface area contributed by atoms with Crippen LogP contribution in [0.4, 0.5) is 0 Å². The van der Waals surface area contributed by atoms with Crippen LogP contribution in [0.1, 0.15) is 33.1 Å². The van der Waals surface area contributed by atoms with Crippen molar-refractivity contribution in [2.24, 2.45) is 11.8 Å². The second-order valence-electron chi connectivity index (χ2n) is 4.50. The summed E-state index contributed by atoms with van der Waals surface area (Å²) < 4.78 is 26.0. The van der Waals surface area contributed by atoms with Gasteiger partial charge in [0.2, 0.25) is 10.0 Å². The third-order valence-electron chi connectivity index (χ3n) is 3.34. The topological polar surface area (TPSA) is 46.2 Å². The van der Waals surface area contributed by atoms with Gasteiger partial charge in [0, 0.05) is 11.9 Å². The van der Waals surface area contributed by atoms with E-state index in [0.717, 1.165) is 12.8 Å². The van der Waals surface area contributed by atoms with Crippen LogP contribution in [0.2, 0.25) is 0 Å². The van der Waals surface area contributed by atoms with Crippen molar-refractivity contribution in [1.29, 1.82) is 0 Å². The van der Waals surface area contributed by atoms with Gasteiger partial charge in [-0.15, -0.1) is 11.6 Å². The molecule has 0 aliphatic heterocycles. The standard InChI is InChI=1S/C10H20ClNO2S/c1-8-4-5-10(9(8)2)12-15(13,14)7-3-6-11/h8-10,12H,3-7H2,1-2H3. The van der Waals surface area contributed by atoms with Crippen molar-refractivity contribution in [3.8, 4) is 0 Å². The highest BCUT2D eigenvalue weighted by Gasteiger charge is 2.32. The summed E-state index contributed by atoms with van der Waals surface area (Å²) in [7, 11) is -3.12. The molecule has 3 atom stereocenters. The second kappa shape index (κ2) is 5.51. The maximum atomic E-state index is 11.6. The fourth-order valence-electron chi connectivity index (χ4n) is 2.07. The van der Waals surface area contributed by atoms with Gasteiger partial charge in [0.1, 0.15) is 0 Å². The van der Waals surface area contributed by atoms with Gasteiger partial charge in [0.05, 0.1) is 5.75 Å². The molecule has 0 amide bonds. The zero-order chi connectivity index (χ0) is 11.5. The van der Waals surface area contributed by atoms with Crippen molar-refractivity contribution < 1.29 is 8.42 Å². The molecular formula is C10H20ClNO2S. The van der Waals surface area contributed by atoms with Crippen LogP contribution < -0.4 is 4.72 Å². The number of hydrogen-bond acceptors (Lipinski definition) is 2. The Morgan fingerprint density at radius 3 is 2.47 bits per heavy atom. The fraction of sp³-hybridized carbons (Fsp3) is 1.00. The van der Waals surface area contributed by atoms with Gasteiger partial charge in [0.15, 0.2) is 0 Å². The Morgan fingerprint density at radius 1 is 1.33 bits per heavy atom. The van der Waals surface area contributed by atoms with Crippen LogP contribution in [0.3, 0.4) is 0 Å². The summed E-state index contributed by atoms with van der Waals surface area (Å²) in [6, 6.07) is 0.125. The smallest absolute Gasteiger partial charge is 0.211 e. The molecule has 15 heavy (non-hydrogen) atoms. The maximum absolute atomic E-state index is 11.6. The Bertz CT molecular complexity index is 292. The molecule has 0 aromatic rings. The number of hydrogen-bond donors (Lipinski definition) is 1. The summed E-state index contributed by atoms with van der Waals surface area (Å²) in [6.07, 6.45) is 2.60. The van der Waals surface area contributed by atoms with Crippen LogP contribution in [0, 0.1) is 11.8 Å². The minimum atomic E-state index is -3.12. The molecule has 1 aliphatic carbocycles. The fourth-order valence-corrected chi connectivity index (χ4v) is 3.79. The molecule has 1 fully saturated rings. The van der Waals surface area contributed by atoms with Gasteiger partial charge < -0.3 is 0 Å². The molecule has 0 heterocycles. The van der Waals surface area contributed by atoms with Crippen LogP contribution in [0.5, 0.6) is 0 Å². The second-order valence-corrected chi connectivity index (χ2v) is 6.75. The van der Waals surface area contributed by atoms with Gasteiger partial charge in [-0.05, 0) is 31.1 Å². The highest BCUT2D eigenvalue weighted by Crippen LogP contribution is 2.31. The third-order valence-corrected chi connectivity index (χ3v) is 5.10. The first kappa shape index (κ1) is 13.3. The van der Waals surface area contributed by atoms with Gasteiger partial charge in [-0.2, -0.15) is 0 Å². The molecule has 5 heteroatoms. The lowest BCUT2D eigenvalue weighted by Crippen LogP contribution is -2.38. The molecule has 0 radical (unpaired) electrons. The molecule has 0 bridgehead atoms. The largest absolute Gasteiger partial charge is 0.212 e. The molecule has 3 unspecified atom stereocenters. The molecule has 1 aliphatic rings. The van der Waals surface area contributed by atoms with E-state index in [1.54, 1.807) is 0 Å². The molecule has 1 N–H and O–H groups in total. The number of sulfonamides is 1. The minimum Gasteiger partial charge on any atom is -0.212 e. The Balaban J connectivity index is 2.47.